The molecule has 20 heavy (non-hydrogen) atoms. The lowest BCUT2D eigenvalue weighted by Gasteiger charge is -2.23. The molecular weight excluding hydrogens is 250 g/mol. The molecule has 1 aliphatic rings. The van der Waals surface area contributed by atoms with Gasteiger partial charge in [0.05, 0.1) is 6.61 Å². The maximum atomic E-state index is 5.74. The summed E-state index contributed by atoms with van der Waals surface area (Å²) in [6.45, 7) is 7.47. The van der Waals surface area contributed by atoms with Crippen molar-refractivity contribution in [3.8, 4) is 5.75 Å². The predicted molar refractivity (Wildman–Crippen MR) is 82.5 cm³/mol. The van der Waals surface area contributed by atoms with Crippen molar-refractivity contribution < 1.29 is 9.47 Å². The fraction of sp³-hybridized carbons (Fsp3) is 0.647. The van der Waals surface area contributed by atoms with Crippen molar-refractivity contribution in [2.24, 2.45) is 0 Å². The van der Waals surface area contributed by atoms with Gasteiger partial charge in [-0.05, 0) is 51.3 Å². The molecule has 112 valence electrons. The van der Waals surface area contributed by atoms with E-state index in [1.54, 1.807) is 0 Å². The van der Waals surface area contributed by atoms with Crippen molar-refractivity contribution >= 4 is 0 Å². The van der Waals surface area contributed by atoms with E-state index >= 15 is 0 Å². The average molecular weight is 277 g/mol. The second-order valence-corrected chi connectivity index (χ2v) is 5.67. The monoisotopic (exact) mass is 277 g/mol. The largest absolute Gasteiger partial charge is 0.491 e. The molecule has 0 spiro atoms. The number of benzene rings is 1. The summed E-state index contributed by atoms with van der Waals surface area (Å²) >= 11 is 0. The summed E-state index contributed by atoms with van der Waals surface area (Å²) in [6, 6.07) is 6.92. The van der Waals surface area contributed by atoms with E-state index in [9.17, 15) is 0 Å². The Morgan fingerprint density at radius 1 is 1.15 bits per heavy atom. The minimum Gasteiger partial charge on any atom is -0.491 e. The zero-order chi connectivity index (χ0) is 14.2. The zero-order valence-corrected chi connectivity index (χ0v) is 12.8. The van der Waals surface area contributed by atoms with E-state index in [1.165, 1.54) is 36.9 Å². The van der Waals surface area contributed by atoms with Gasteiger partial charge in [0, 0.05) is 12.6 Å². The summed E-state index contributed by atoms with van der Waals surface area (Å²) < 4.78 is 11.4. The molecule has 1 fully saturated rings. The van der Waals surface area contributed by atoms with Gasteiger partial charge < -0.3 is 14.8 Å². The van der Waals surface area contributed by atoms with Gasteiger partial charge in [-0.25, -0.2) is 0 Å². The van der Waals surface area contributed by atoms with E-state index < -0.39 is 0 Å². The lowest BCUT2D eigenvalue weighted by molar-refractivity contribution is 0.0909. The van der Waals surface area contributed by atoms with E-state index in [-0.39, 0.29) is 0 Å². The van der Waals surface area contributed by atoms with Crippen LogP contribution in [-0.4, -0.2) is 32.4 Å². The van der Waals surface area contributed by atoms with Crippen LogP contribution in [0.5, 0.6) is 5.75 Å². The molecule has 3 nitrogen and oxygen atoms in total. The van der Waals surface area contributed by atoms with Crippen LogP contribution in [0.1, 0.15) is 36.8 Å². The van der Waals surface area contributed by atoms with Crippen molar-refractivity contribution in [1.82, 2.24) is 5.32 Å². The Bertz CT molecular complexity index is 400. The lowest BCUT2D eigenvalue weighted by atomic mass is 10.0. The first kappa shape index (κ1) is 15.3. The molecule has 1 aliphatic heterocycles. The molecule has 1 atom stereocenters. The topological polar surface area (TPSA) is 30.5 Å². The summed E-state index contributed by atoms with van der Waals surface area (Å²) in [6.07, 6.45) is 5.08. The van der Waals surface area contributed by atoms with Gasteiger partial charge >= 0.3 is 0 Å². The minimum atomic E-state index is 0.627. The van der Waals surface area contributed by atoms with Crippen LogP contribution < -0.4 is 10.1 Å². The van der Waals surface area contributed by atoms with Gasteiger partial charge in [-0.2, -0.15) is 0 Å². The van der Waals surface area contributed by atoms with Gasteiger partial charge in [-0.1, -0.05) is 24.1 Å². The highest BCUT2D eigenvalue weighted by molar-refractivity contribution is 5.35. The third kappa shape index (κ3) is 5.14. The summed E-state index contributed by atoms with van der Waals surface area (Å²) in [5, 5.41) is 3.54. The summed E-state index contributed by atoms with van der Waals surface area (Å²) in [4.78, 5) is 0. The lowest BCUT2D eigenvalue weighted by Crippen LogP contribution is -2.34. The van der Waals surface area contributed by atoms with Crippen molar-refractivity contribution in [1.29, 1.82) is 0 Å². The van der Waals surface area contributed by atoms with Crippen molar-refractivity contribution in [2.75, 3.05) is 26.4 Å². The highest BCUT2D eigenvalue weighted by Crippen LogP contribution is 2.18. The maximum absolute atomic E-state index is 5.74. The molecule has 1 aromatic carbocycles. The van der Waals surface area contributed by atoms with Gasteiger partial charge in [0.15, 0.2) is 0 Å². The van der Waals surface area contributed by atoms with E-state index in [0.29, 0.717) is 19.3 Å². The van der Waals surface area contributed by atoms with E-state index in [2.05, 4.69) is 31.3 Å². The van der Waals surface area contributed by atoms with Crippen LogP contribution in [-0.2, 0) is 4.74 Å². The standard InChI is InChI=1S/C17H27NO2/c1-14-6-7-17(15(2)13-14)20-12-11-19-10-8-16-5-3-4-9-18-16/h6-7,13,16,18H,3-5,8-12H2,1-2H3. The van der Waals surface area contributed by atoms with E-state index in [4.69, 9.17) is 9.47 Å². The average Bonchev–Trinajstić information content (AvgIpc) is 2.46. The Hall–Kier alpha value is -1.06. The molecule has 1 N–H and O–H groups in total. The molecule has 2 rings (SSSR count). The second kappa shape index (κ2) is 8.28. The van der Waals surface area contributed by atoms with Crippen LogP contribution in [0.3, 0.4) is 0 Å². The third-order valence-corrected chi connectivity index (χ3v) is 3.84. The number of aryl methyl sites for hydroxylation is 2. The fourth-order valence-electron chi connectivity index (χ4n) is 2.67. The first-order valence-corrected chi connectivity index (χ1v) is 7.77. The molecule has 1 saturated heterocycles. The molecule has 0 radical (unpaired) electrons. The molecule has 1 aromatic rings. The Kier molecular flexibility index (Phi) is 6.34. The van der Waals surface area contributed by atoms with Crippen LogP contribution in [0.2, 0.25) is 0 Å². The maximum Gasteiger partial charge on any atom is 0.122 e. The molecular formula is C17H27NO2. The summed E-state index contributed by atoms with van der Waals surface area (Å²) in [7, 11) is 0. The van der Waals surface area contributed by atoms with Gasteiger partial charge in [0.25, 0.3) is 0 Å². The van der Waals surface area contributed by atoms with E-state index in [0.717, 1.165) is 18.8 Å². The van der Waals surface area contributed by atoms with Gasteiger partial charge in [0.1, 0.15) is 12.4 Å². The number of hydrogen-bond acceptors (Lipinski definition) is 3. The Morgan fingerprint density at radius 2 is 2.05 bits per heavy atom. The Balaban J connectivity index is 1.55. The molecule has 1 unspecified atom stereocenters. The van der Waals surface area contributed by atoms with Crippen LogP contribution in [0.15, 0.2) is 18.2 Å². The van der Waals surface area contributed by atoms with Gasteiger partial charge in [0.2, 0.25) is 0 Å². The number of ether oxygens (including phenoxy) is 2. The summed E-state index contributed by atoms with van der Waals surface area (Å²) in [5.41, 5.74) is 2.46. The number of rotatable bonds is 7. The Morgan fingerprint density at radius 3 is 2.80 bits per heavy atom. The minimum absolute atomic E-state index is 0.627. The first-order valence-electron chi connectivity index (χ1n) is 7.77. The number of nitrogens with one attached hydrogen (secondary N) is 1. The third-order valence-electron chi connectivity index (χ3n) is 3.84. The van der Waals surface area contributed by atoms with Crippen LogP contribution >= 0.6 is 0 Å². The van der Waals surface area contributed by atoms with Gasteiger partial charge in [-0.3, -0.25) is 0 Å². The smallest absolute Gasteiger partial charge is 0.122 e. The summed E-state index contributed by atoms with van der Waals surface area (Å²) in [5.74, 6) is 0.966. The number of hydrogen-bond donors (Lipinski definition) is 1. The molecule has 0 aromatic heterocycles. The van der Waals surface area contributed by atoms with Crippen LogP contribution in [0, 0.1) is 13.8 Å². The molecule has 0 amide bonds. The fourth-order valence-corrected chi connectivity index (χ4v) is 2.67. The molecule has 0 aliphatic carbocycles. The quantitative estimate of drug-likeness (QED) is 0.776. The van der Waals surface area contributed by atoms with Crippen molar-refractivity contribution in [3.05, 3.63) is 29.3 Å². The highest BCUT2D eigenvalue weighted by Gasteiger charge is 2.11. The Labute approximate surface area is 122 Å². The first-order chi connectivity index (χ1) is 9.75. The van der Waals surface area contributed by atoms with E-state index in [1.807, 2.05) is 6.07 Å². The predicted octanol–water partition coefficient (Wildman–Crippen LogP) is 3.23. The van der Waals surface area contributed by atoms with Crippen molar-refractivity contribution in [3.63, 3.8) is 0 Å². The molecule has 3 heteroatoms. The highest BCUT2D eigenvalue weighted by atomic mass is 16.5. The van der Waals surface area contributed by atoms with Crippen LogP contribution in [0.4, 0.5) is 0 Å². The molecule has 0 saturated carbocycles. The van der Waals surface area contributed by atoms with Gasteiger partial charge in [-0.15, -0.1) is 0 Å². The van der Waals surface area contributed by atoms with Crippen molar-refractivity contribution in [2.45, 2.75) is 45.6 Å². The SMILES string of the molecule is Cc1ccc(OCCOCCC2CCCCN2)c(C)c1. The van der Waals surface area contributed by atoms with Crippen LogP contribution in [0.25, 0.3) is 0 Å². The number of piperidine rings is 1. The normalized spacial score (nSPS) is 19.0. The zero-order valence-electron chi connectivity index (χ0n) is 12.8. The molecule has 0 bridgehead atoms. The molecule has 1 heterocycles. The second-order valence-electron chi connectivity index (χ2n) is 5.67.